The Labute approximate surface area is 124 Å². The van der Waals surface area contributed by atoms with Gasteiger partial charge in [-0.2, -0.15) is 0 Å². The summed E-state index contributed by atoms with van der Waals surface area (Å²) in [6, 6.07) is 3.91. The molecule has 19 heavy (non-hydrogen) atoms. The van der Waals surface area contributed by atoms with Crippen molar-refractivity contribution in [2.24, 2.45) is 0 Å². The first kappa shape index (κ1) is 16.0. The molecule has 0 spiro atoms. The quantitative estimate of drug-likeness (QED) is 0.894. The summed E-state index contributed by atoms with van der Waals surface area (Å²) in [5, 5.41) is 3.29. The standard InChI is InChI=1S/C15H23BrN2O/c1-6-18(7-2)15(19)12(5)17-13-8-10(3)14(16)11(4)9-13/h8-9,12,17H,6-7H2,1-5H3. The number of likely N-dealkylation sites (N-methyl/N-ethyl adjacent to an activating group) is 1. The Bertz CT molecular complexity index is 432. The summed E-state index contributed by atoms with van der Waals surface area (Å²) in [5.74, 6) is 0.142. The summed E-state index contributed by atoms with van der Waals surface area (Å²) < 4.78 is 1.13. The smallest absolute Gasteiger partial charge is 0.244 e. The zero-order valence-corrected chi connectivity index (χ0v) is 14.0. The first-order valence-corrected chi connectivity index (χ1v) is 7.52. The molecule has 1 N–H and O–H groups in total. The van der Waals surface area contributed by atoms with Gasteiger partial charge in [-0.05, 0) is 57.9 Å². The van der Waals surface area contributed by atoms with Gasteiger partial charge < -0.3 is 10.2 Å². The number of benzene rings is 1. The van der Waals surface area contributed by atoms with Gasteiger partial charge in [-0.15, -0.1) is 0 Å². The number of hydrogen-bond donors (Lipinski definition) is 1. The molecule has 0 aliphatic rings. The molecule has 1 aromatic carbocycles. The van der Waals surface area contributed by atoms with Gasteiger partial charge in [0.1, 0.15) is 6.04 Å². The van der Waals surface area contributed by atoms with Crippen molar-refractivity contribution in [1.82, 2.24) is 4.90 Å². The zero-order chi connectivity index (χ0) is 14.6. The highest BCUT2D eigenvalue weighted by atomic mass is 79.9. The predicted molar refractivity (Wildman–Crippen MR) is 84.6 cm³/mol. The molecule has 0 heterocycles. The van der Waals surface area contributed by atoms with Crippen molar-refractivity contribution >= 4 is 27.5 Å². The lowest BCUT2D eigenvalue weighted by molar-refractivity contribution is -0.131. The minimum atomic E-state index is -0.208. The van der Waals surface area contributed by atoms with Gasteiger partial charge in [-0.25, -0.2) is 0 Å². The number of amides is 1. The fourth-order valence-electron chi connectivity index (χ4n) is 2.15. The first-order valence-electron chi connectivity index (χ1n) is 6.72. The molecule has 0 aromatic heterocycles. The third-order valence-electron chi connectivity index (χ3n) is 3.27. The maximum absolute atomic E-state index is 12.2. The molecule has 1 unspecified atom stereocenters. The Morgan fingerprint density at radius 2 is 1.74 bits per heavy atom. The van der Waals surface area contributed by atoms with Crippen LogP contribution in [0.2, 0.25) is 0 Å². The number of anilines is 1. The van der Waals surface area contributed by atoms with Crippen LogP contribution in [0.25, 0.3) is 0 Å². The molecule has 0 aliphatic heterocycles. The molecule has 1 atom stereocenters. The average molecular weight is 327 g/mol. The van der Waals surface area contributed by atoms with Crippen molar-refractivity contribution in [3.05, 3.63) is 27.7 Å². The van der Waals surface area contributed by atoms with Gasteiger partial charge in [-0.1, -0.05) is 15.9 Å². The van der Waals surface area contributed by atoms with E-state index in [2.05, 4.69) is 47.2 Å². The minimum Gasteiger partial charge on any atom is -0.374 e. The van der Waals surface area contributed by atoms with Gasteiger partial charge in [0.2, 0.25) is 5.91 Å². The molecule has 0 bridgehead atoms. The fraction of sp³-hybridized carbons (Fsp3) is 0.533. The van der Waals surface area contributed by atoms with Crippen molar-refractivity contribution in [3.8, 4) is 0 Å². The van der Waals surface area contributed by atoms with Crippen molar-refractivity contribution in [1.29, 1.82) is 0 Å². The molecule has 1 rings (SSSR count). The Hall–Kier alpha value is -1.03. The normalized spacial score (nSPS) is 12.1. The minimum absolute atomic E-state index is 0.142. The highest BCUT2D eigenvalue weighted by Gasteiger charge is 2.18. The zero-order valence-electron chi connectivity index (χ0n) is 12.4. The van der Waals surface area contributed by atoms with Crippen LogP contribution in [0.5, 0.6) is 0 Å². The maximum Gasteiger partial charge on any atom is 0.244 e. The molecule has 0 saturated heterocycles. The van der Waals surface area contributed by atoms with E-state index in [4.69, 9.17) is 0 Å². The van der Waals surface area contributed by atoms with Crippen LogP contribution in [-0.2, 0) is 4.79 Å². The van der Waals surface area contributed by atoms with Crippen LogP contribution in [0.4, 0.5) is 5.69 Å². The van der Waals surface area contributed by atoms with Crippen molar-refractivity contribution in [2.45, 2.75) is 40.7 Å². The number of carbonyl (C=O) groups is 1. The van der Waals surface area contributed by atoms with E-state index < -0.39 is 0 Å². The van der Waals surface area contributed by atoms with Crippen molar-refractivity contribution < 1.29 is 4.79 Å². The monoisotopic (exact) mass is 326 g/mol. The number of halogens is 1. The third-order valence-corrected chi connectivity index (χ3v) is 4.52. The molecule has 4 heteroatoms. The number of nitrogens with one attached hydrogen (secondary N) is 1. The second-order valence-corrected chi connectivity index (χ2v) is 5.59. The third kappa shape index (κ3) is 3.96. The van der Waals surface area contributed by atoms with Gasteiger partial charge in [0.05, 0.1) is 0 Å². The molecule has 1 amide bonds. The average Bonchev–Trinajstić information content (AvgIpc) is 2.37. The van der Waals surface area contributed by atoms with E-state index in [-0.39, 0.29) is 11.9 Å². The molecule has 1 aromatic rings. The molecule has 106 valence electrons. The molecule has 3 nitrogen and oxygen atoms in total. The van der Waals surface area contributed by atoms with Gasteiger partial charge in [-0.3, -0.25) is 4.79 Å². The summed E-state index contributed by atoms with van der Waals surface area (Å²) >= 11 is 3.55. The van der Waals surface area contributed by atoms with Gasteiger partial charge >= 0.3 is 0 Å². The van der Waals surface area contributed by atoms with Crippen LogP contribution in [0, 0.1) is 13.8 Å². The Balaban J connectivity index is 2.82. The summed E-state index contributed by atoms with van der Waals surface area (Å²) in [6.07, 6.45) is 0. The van der Waals surface area contributed by atoms with E-state index in [0.29, 0.717) is 0 Å². The Morgan fingerprint density at radius 3 is 2.16 bits per heavy atom. The topological polar surface area (TPSA) is 32.3 Å². The van der Waals surface area contributed by atoms with Crippen LogP contribution in [0.3, 0.4) is 0 Å². The van der Waals surface area contributed by atoms with E-state index in [0.717, 1.165) is 23.2 Å². The molecule has 0 saturated carbocycles. The number of carbonyl (C=O) groups excluding carboxylic acids is 1. The van der Waals surface area contributed by atoms with Crippen molar-refractivity contribution in [2.75, 3.05) is 18.4 Å². The lowest BCUT2D eigenvalue weighted by Gasteiger charge is -2.24. The van der Waals surface area contributed by atoms with Crippen LogP contribution >= 0.6 is 15.9 Å². The Kier molecular flexibility index (Phi) is 5.85. The highest BCUT2D eigenvalue weighted by molar-refractivity contribution is 9.10. The SMILES string of the molecule is CCN(CC)C(=O)C(C)Nc1cc(C)c(Br)c(C)c1. The first-order chi connectivity index (χ1) is 8.90. The van der Waals surface area contributed by atoms with Crippen LogP contribution in [0.15, 0.2) is 16.6 Å². The fourth-order valence-corrected chi connectivity index (χ4v) is 2.38. The predicted octanol–water partition coefficient (Wildman–Crippen LogP) is 3.73. The molecule has 0 aliphatic carbocycles. The number of aryl methyl sites for hydroxylation is 2. The largest absolute Gasteiger partial charge is 0.374 e. The lowest BCUT2D eigenvalue weighted by atomic mass is 10.1. The van der Waals surface area contributed by atoms with E-state index in [1.165, 1.54) is 11.1 Å². The van der Waals surface area contributed by atoms with Crippen molar-refractivity contribution in [3.63, 3.8) is 0 Å². The maximum atomic E-state index is 12.2. The highest BCUT2D eigenvalue weighted by Crippen LogP contribution is 2.25. The summed E-state index contributed by atoms with van der Waals surface area (Å²) in [5.41, 5.74) is 3.33. The Morgan fingerprint density at radius 1 is 1.26 bits per heavy atom. The van der Waals surface area contributed by atoms with E-state index >= 15 is 0 Å². The molecular formula is C15H23BrN2O. The molecular weight excluding hydrogens is 304 g/mol. The number of nitrogens with zero attached hydrogens (tertiary/aromatic N) is 1. The number of rotatable bonds is 5. The second-order valence-electron chi connectivity index (χ2n) is 4.80. The second kappa shape index (κ2) is 6.94. The van der Waals surface area contributed by atoms with Gasteiger partial charge in [0.25, 0.3) is 0 Å². The van der Waals surface area contributed by atoms with E-state index in [9.17, 15) is 4.79 Å². The van der Waals surface area contributed by atoms with Gasteiger partial charge in [0.15, 0.2) is 0 Å². The summed E-state index contributed by atoms with van der Waals surface area (Å²) in [7, 11) is 0. The summed E-state index contributed by atoms with van der Waals surface area (Å²) in [4.78, 5) is 14.0. The summed E-state index contributed by atoms with van der Waals surface area (Å²) in [6.45, 7) is 11.5. The van der Waals surface area contributed by atoms with Crippen LogP contribution in [0.1, 0.15) is 31.9 Å². The molecule has 0 fully saturated rings. The molecule has 0 radical (unpaired) electrons. The lowest BCUT2D eigenvalue weighted by Crippen LogP contribution is -2.41. The van der Waals surface area contributed by atoms with Gasteiger partial charge in [0, 0.05) is 23.2 Å². The van der Waals surface area contributed by atoms with E-state index in [1.807, 2.05) is 25.7 Å². The van der Waals surface area contributed by atoms with Crippen LogP contribution < -0.4 is 5.32 Å². The number of hydrogen-bond acceptors (Lipinski definition) is 2. The van der Waals surface area contributed by atoms with E-state index in [1.54, 1.807) is 0 Å². The van der Waals surface area contributed by atoms with Crippen LogP contribution in [-0.4, -0.2) is 29.9 Å².